The van der Waals surface area contributed by atoms with Crippen molar-refractivity contribution in [1.29, 1.82) is 0 Å². The first-order chi connectivity index (χ1) is 13.8. The number of nitrogens with one attached hydrogen (secondary N) is 1. The molecule has 0 aliphatic carbocycles. The molecule has 8 nitrogen and oxygen atoms in total. The van der Waals surface area contributed by atoms with E-state index < -0.39 is 14.9 Å². The largest absolute Gasteiger partial charge is 0.436 e. The van der Waals surface area contributed by atoms with Crippen LogP contribution in [0.2, 0.25) is 0 Å². The van der Waals surface area contributed by atoms with Gasteiger partial charge < -0.3 is 4.42 Å². The topological polar surface area (TPSA) is 115 Å². The van der Waals surface area contributed by atoms with Crippen molar-refractivity contribution < 1.29 is 17.8 Å². The van der Waals surface area contributed by atoms with E-state index in [0.29, 0.717) is 22.7 Å². The van der Waals surface area contributed by atoms with Gasteiger partial charge in [-0.15, -0.1) is 0 Å². The van der Waals surface area contributed by atoms with Crippen LogP contribution in [0.4, 0.5) is 11.4 Å². The molecular weight excluding hydrogens is 394 g/mol. The van der Waals surface area contributed by atoms with Crippen molar-refractivity contribution in [3.63, 3.8) is 0 Å². The van der Waals surface area contributed by atoms with E-state index in [2.05, 4.69) is 9.71 Å². The summed E-state index contributed by atoms with van der Waals surface area (Å²) in [6.07, 6.45) is 0. The Morgan fingerprint density at radius 2 is 1.69 bits per heavy atom. The monoisotopic (exact) mass is 409 g/mol. The van der Waals surface area contributed by atoms with Gasteiger partial charge in [-0.2, -0.15) is 0 Å². The summed E-state index contributed by atoms with van der Waals surface area (Å²) >= 11 is 0. The van der Waals surface area contributed by atoms with E-state index in [4.69, 9.17) is 4.42 Å². The predicted octanol–water partition coefficient (Wildman–Crippen LogP) is 4.51. The SMILES string of the molecule is Cc1ccc(-c2nc3cc(NS(=O)(=O)c4ccc([N+](=O)[O-])cc4)ccc3o2)cc1. The summed E-state index contributed by atoms with van der Waals surface area (Å²) in [5.74, 6) is 0.440. The fourth-order valence-electron chi connectivity index (χ4n) is 2.77. The van der Waals surface area contributed by atoms with Crippen LogP contribution in [0.1, 0.15) is 5.56 Å². The maximum absolute atomic E-state index is 12.6. The maximum atomic E-state index is 12.6. The van der Waals surface area contributed by atoms with Crippen molar-refractivity contribution >= 4 is 32.5 Å². The third-order valence-corrected chi connectivity index (χ3v) is 5.69. The number of nitrogens with zero attached hydrogens (tertiary/aromatic N) is 2. The van der Waals surface area contributed by atoms with E-state index in [1.54, 1.807) is 18.2 Å². The number of fused-ring (bicyclic) bond motifs is 1. The maximum Gasteiger partial charge on any atom is 0.269 e. The molecule has 1 aromatic heterocycles. The number of oxazole rings is 1. The molecule has 4 aromatic rings. The van der Waals surface area contributed by atoms with Crippen molar-refractivity contribution in [3.8, 4) is 11.5 Å². The number of nitro groups is 1. The first kappa shape index (κ1) is 18.6. The van der Waals surface area contributed by atoms with Crippen LogP contribution in [0.3, 0.4) is 0 Å². The number of hydrogen-bond donors (Lipinski definition) is 1. The van der Waals surface area contributed by atoms with Gasteiger partial charge in [0.1, 0.15) is 5.52 Å². The molecule has 1 N–H and O–H groups in total. The number of hydrogen-bond acceptors (Lipinski definition) is 6. The third-order valence-electron chi connectivity index (χ3n) is 4.30. The summed E-state index contributed by atoms with van der Waals surface area (Å²) < 4.78 is 33.3. The lowest BCUT2D eigenvalue weighted by Gasteiger charge is -2.07. The van der Waals surface area contributed by atoms with E-state index in [0.717, 1.165) is 23.3 Å². The second-order valence-corrected chi connectivity index (χ2v) is 8.11. The number of benzene rings is 3. The van der Waals surface area contributed by atoms with Gasteiger partial charge in [-0.3, -0.25) is 14.8 Å². The Morgan fingerprint density at radius 3 is 2.34 bits per heavy atom. The van der Waals surface area contributed by atoms with Crippen molar-refractivity contribution in [2.24, 2.45) is 0 Å². The Hall–Kier alpha value is -3.72. The summed E-state index contributed by atoms with van der Waals surface area (Å²) in [6, 6.07) is 17.1. The summed E-state index contributed by atoms with van der Waals surface area (Å²) in [5, 5.41) is 10.7. The van der Waals surface area contributed by atoms with E-state index in [1.165, 1.54) is 12.1 Å². The van der Waals surface area contributed by atoms with Crippen LogP contribution in [0, 0.1) is 17.0 Å². The number of anilines is 1. The zero-order valence-corrected chi connectivity index (χ0v) is 16.0. The third kappa shape index (κ3) is 3.81. The summed E-state index contributed by atoms with van der Waals surface area (Å²) in [4.78, 5) is 14.5. The molecule has 0 radical (unpaired) electrons. The van der Waals surface area contributed by atoms with Gasteiger partial charge >= 0.3 is 0 Å². The minimum Gasteiger partial charge on any atom is -0.436 e. The molecule has 0 spiro atoms. The average Bonchev–Trinajstić information content (AvgIpc) is 3.11. The molecule has 29 heavy (non-hydrogen) atoms. The lowest BCUT2D eigenvalue weighted by Crippen LogP contribution is -2.12. The Kier molecular flexibility index (Phi) is 4.51. The normalized spacial score (nSPS) is 11.5. The van der Waals surface area contributed by atoms with E-state index in [-0.39, 0.29) is 10.6 Å². The van der Waals surface area contributed by atoms with Crippen LogP contribution in [0.15, 0.2) is 76.0 Å². The van der Waals surface area contributed by atoms with Gasteiger partial charge in [-0.25, -0.2) is 13.4 Å². The van der Waals surface area contributed by atoms with E-state index in [9.17, 15) is 18.5 Å². The van der Waals surface area contributed by atoms with Gasteiger partial charge in [0, 0.05) is 17.7 Å². The molecule has 0 aliphatic rings. The molecule has 0 amide bonds. The van der Waals surface area contributed by atoms with Crippen molar-refractivity contribution in [3.05, 3.63) is 82.4 Å². The highest BCUT2D eigenvalue weighted by molar-refractivity contribution is 7.92. The fraction of sp³-hybridized carbons (Fsp3) is 0.0500. The van der Waals surface area contributed by atoms with Gasteiger partial charge in [-0.05, 0) is 49.4 Å². The van der Waals surface area contributed by atoms with Crippen molar-refractivity contribution in [1.82, 2.24) is 4.98 Å². The molecule has 3 aromatic carbocycles. The molecule has 4 rings (SSSR count). The molecule has 0 saturated carbocycles. The highest BCUT2D eigenvalue weighted by atomic mass is 32.2. The molecule has 0 atom stereocenters. The lowest BCUT2D eigenvalue weighted by atomic mass is 10.1. The second-order valence-electron chi connectivity index (χ2n) is 6.42. The molecule has 0 unspecified atom stereocenters. The quantitative estimate of drug-likeness (QED) is 0.383. The highest BCUT2D eigenvalue weighted by Gasteiger charge is 2.17. The number of aryl methyl sites for hydroxylation is 1. The van der Waals surface area contributed by atoms with Crippen LogP contribution in [-0.2, 0) is 10.0 Å². The molecule has 0 fully saturated rings. The summed E-state index contributed by atoms with van der Waals surface area (Å²) in [7, 11) is -3.91. The average molecular weight is 409 g/mol. The summed E-state index contributed by atoms with van der Waals surface area (Å²) in [6.45, 7) is 1.99. The molecule has 9 heteroatoms. The molecule has 1 heterocycles. The summed E-state index contributed by atoms with van der Waals surface area (Å²) in [5.41, 5.74) is 3.09. The molecule has 0 aliphatic heterocycles. The van der Waals surface area contributed by atoms with Crippen molar-refractivity contribution in [2.75, 3.05) is 4.72 Å². The van der Waals surface area contributed by atoms with Gasteiger partial charge in [0.2, 0.25) is 5.89 Å². The standard InChI is InChI=1S/C20H15N3O5S/c1-13-2-4-14(5-3-13)20-21-18-12-15(6-11-19(18)28-20)22-29(26,27)17-9-7-16(8-10-17)23(24)25/h2-12,22H,1H3. The molecule has 0 saturated heterocycles. The molecule has 0 bridgehead atoms. The minimum absolute atomic E-state index is 0.0799. The Bertz CT molecular complexity index is 1310. The zero-order chi connectivity index (χ0) is 20.6. The predicted molar refractivity (Wildman–Crippen MR) is 108 cm³/mol. The Balaban J connectivity index is 1.62. The van der Waals surface area contributed by atoms with Crippen molar-refractivity contribution in [2.45, 2.75) is 11.8 Å². The van der Waals surface area contributed by atoms with Crippen LogP contribution >= 0.6 is 0 Å². The fourth-order valence-corrected chi connectivity index (χ4v) is 3.82. The van der Waals surface area contributed by atoms with Crippen LogP contribution in [-0.4, -0.2) is 18.3 Å². The molecular formula is C20H15N3O5S. The Morgan fingerprint density at radius 1 is 1.00 bits per heavy atom. The highest BCUT2D eigenvalue weighted by Crippen LogP contribution is 2.27. The number of rotatable bonds is 5. The number of non-ortho nitro benzene ring substituents is 1. The first-order valence-corrected chi connectivity index (χ1v) is 10.0. The first-order valence-electron chi connectivity index (χ1n) is 8.57. The van der Waals surface area contributed by atoms with Crippen LogP contribution in [0.25, 0.3) is 22.6 Å². The van der Waals surface area contributed by atoms with Crippen LogP contribution < -0.4 is 4.72 Å². The minimum atomic E-state index is -3.91. The smallest absolute Gasteiger partial charge is 0.269 e. The number of nitro benzene ring substituents is 1. The zero-order valence-electron chi connectivity index (χ0n) is 15.2. The van der Waals surface area contributed by atoms with Gasteiger partial charge in [0.25, 0.3) is 15.7 Å². The van der Waals surface area contributed by atoms with Crippen LogP contribution in [0.5, 0.6) is 0 Å². The van der Waals surface area contributed by atoms with E-state index >= 15 is 0 Å². The van der Waals surface area contributed by atoms with Gasteiger partial charge in [-0.1, -0.05) is 17.7 Å². The lowest BCUT2D eigenvalue weighted by molar-refractivity contribution is -0.384. The van der Waals surface area contributed by atoms with E-state index in [1.807, 2.05) is 31.2 Å². The number of aromatic nitrogens is 1. The molecule has 146 valence electrons. The Labute approximate surface area is 166 Å². The second kappa shape index (κ2) is 7.02. The number of sulfonamides is 1. The van der Waals surface area contributed by atoms with Gasteiger partial charge in [0.05, 0.1) is 15.5 Å². The van der Waals surface area contributed by atoms with Gasteiger partial charge in [0.15, 0.2) is 5.58 Å².